The van der Waals surface area contributed by atoms with Crippen LogP contribution in [0.3, 0.4) is 0 Å². The average Bonchev–Trinajstić information content (AvgIpc) is 1.34. The van der Waals surface area contributed by atoms with E-state index >= 15 is 0 Å². The number of aryl methyl sites for hydroxylation is 16. The molecule has 0 bridgehead atoms. The third-order valence-corrected chi connectivity index (χ3v) is 22.0. The second-order valence-corrected chi connectivity index (χ2v) is 27.6. The Kier molecular flexibility index (Phi) is 16.8. The van der Waals surface area contributed by atoms with Crippen molar-refractivity contribution in [1.29, 1.82) is 0 Å². The van der Waals surface area contributed by atoms with Crippen LogP contribution in [-0.4, -0.2) is 88.1 Å². The first-order valence-electron chi connectivity index (χ1n) is 35.3. The number of fused-ring (bicyclic) bond motifs is 21. The van der Waals surface area contributed by atoms with E-state index < -0.39 is 0 Å². The summed E-state index contributed by atoms with van der Waals surface area (Å²) in [6.07, 6.45) is 12.5. The molecule has 0 N–H and O–H groups in total. The van der Waals surface area contributed by atoms with Gasteiger partial charge in [-0.2, -0.15) is 0 Å². The molecule has 0 aliphatic rings. The van der Waals surface area contributed by atoms with E-state index in [4.69, 9.17) is 0 Å². The number of para-hydroxylation sites is 4. The molecule has 0 saturated heterocycles. The average molecular weight is 1380 g/mol. The van der Waals surface area contributed by atoms with Gasteiger partial charge in [-0.25, -0.2) is 24.9 Å². The van der Waals surface area contributed by atoms with Crippen LogP contribution in [0.5, 0.6) is 0 Å². The molecule has 526 valence electrons. The van der Waals surface area contributed by atoms with Gasteiger partial charge in [0.05, 0.1) is 50.0 Å². The van der Waals surface area contributed by atoms with E-state index in [0.717, 1.165) is 79.1 Å². The molecule has 0 amide bonds. The minimum atomic E-state index is 0.853. The number of rotatable bonds is 0. The van der Waals surface area contributed by atoms with Gasteiger partial charge in [0.25, 0.3) is 0 Å². The molecule has 20 heteroatoms. The van der Waals surface area contributed by atoms with Crippen molar-refractivity contribution in [2.45, 2.75) is 96.9 Å². The predicted molar refractivity (Wildman–Crippen MR) is 425 cm³/mol. The SMILES string of the molecule is Cc1[n-]c2nc3ccccn3c2c1C.Cc1c(C)n(C)c2c1cn1ccccc21.Cc1c(C)n(C)c2c1nc1ccccn12.Cc1c(C)n(C)c2c1nc1ccccn12.Cc1c(C)n(C)c2nc3ccccn3c12.Cc1nc2n(C)c3ccccc3n2c1C.Cc1nc2n(C)c3ccccc3n2c1C. The smallest absolute Gasteiger partial charge is 0.215 e. The number of nitrogens with zero attached hydrogens (tertiary/aromatic N) is 20. The fourth-order valence-electron chi connectivity index (χ4n) is 14.9. The van der Waals surface area contributed by atoms with Gasteiger partial charge in [0, 0.05) is 130 Å². The summed E-state index contributed by atoms with van der Waals surface area (Å²) in [5.41, 5.74) is 37.8. The van der Waals surface area contributed by atoms with Crippen molar-refractivity contribution >= 4 is 117 Å². The van der Waals surface area contributed by atoms with E-state index in [2.05, 4.69) is 323 Å². The molecule has 19 aromatic heterocycles. The Labute approximate surface area is 602 Å². The Morgan fingerprint density at radius 1 is 0.298 bits per heavy atom. The molecule has 0 spiro atoms. The Bertz CT molecular complexity index is 6280. The van der Waals surface area contributed by atoms with Gasteiger partial charge >= 0.3 is 0 Å². The van der Waals surface area contributed by atoms with Gasteiger partial charge in [0.15, 0.2) is 5.65 Å². The van der Waals surface area contributed by atoms with Crippen LogP contribution in [0, 0.1) is 96.9 Å². The van der Waals surface area contributed by atoms with Gasteiger partial charge in [0.2, 0.25) is 11.6 Å². The third-order valence-electron chi connectivity index (χ3n) is 22.0. The maximum atomic E-state index is 4.64. The molecule has 21 rings (SSSR count). The van der Waals surface area contributed by atoms with Crippen molar-refractivity contribution in [3.8, 4) is 0 Å². The van der Waals surface area contributed by atoms with Gasteiger partial charge in [-0.1, -0.05) is 60.3 Å². The summed E-state index contributed by atoms with van der Waals surface area (Å²) in [5.74, 6) is 2.04. The summed E-state index contributed by atoms with van der Waals surface area (Å²) in [6, 6.07) is 47.4. The van der Waals surface area contributed by atoms with Crippen LogP contribution < -0.4 is 4.98 Å². The van der Waals surface area contributed by atoms with Gasteiger partial charge in [-0.15, -0.1) is 0 Å². The minimum Gasteiger partial charge on any atom is -0.438 e. The zero-order chi connectivity index (χ0) is 73.2. The number of hydrogen-bond acceptors (Lipinski definition) is 6. The summed E-state index contributed by atoms with van der Waals surface area (Å²) in [5, 5.41) is 1.36. The third kappa shape index (κ3) is 10.7. The summed E-state index contributed by atoms with van der Waals surface area (Å²) in [7, 11) is 12.5. The van der Waals surface area contributed by atoms with Crippen LogP contribution >= 0.6 is 0 Å². The van der Waals surface area contributed by atoms with E-state index in [-0.39, 0.29) is 0 Å². The number of aromatic nitrogens is 20. The van der Waals surface area contributed by atoms with Gasteiger partial charge in [0.1, 0.15) is 39.3 Å². The number of imidazole rings is 8. The highest BCUT2D eigenvalue weighted by molar-refractivity contribution is 5.98. The molecule has 0 saturated carbocycles. The monoisotopic (exact) mass is 1380 g/mol. The van der Waals surface area contributed by atoms with Gasteiger partial charge in [-0.05, 0) is 215 Å². The van der Waals surface area contributed by atoms with Crippen LogP contribution in [0.4, 0.5) is 0 Å². The summed E-state index contributed by atoms with van der Waals surface area (Å²) < 4.78 is 28.2. The number of hydrogen-bond donors (Lipinski definition) is 0. The van der Waals surface area contributed by atoms with Crippen molar-refractivity contribution in [3.05, 3.63) is 256 Å². The number of pyridine rings is 5. The second kappa shape index (κ2) is 25.9. The first-order valence-corrected chi connectivity index (χ1v) is 35.3. The second-order valence-electron chi connectivity index (χ2n) is 27.6. The fourth-order valence-corrected chi connectivity index (χ4v) is 14.9. The molecule has 20 nitrogen and oxygen atoms in total. The molecule has 2 aromatic carbocycles. The molecule has 21 aromatic rings. The lowest BCUT2D eigenvalue weighted by atomic mass is 10.2. The number of benzene rings is 2. The first-order chi connectivity index (χ1) is 50.0. The molecular weight excluding hydrogens is 1290 g/mol. The maximum Gasteiger partial charge on any atom is 0.215 e. The minimum absolute atomic E-state index is 0.853. The fraction of sp³-hybridized carbons (Fsp3) is 0.238. The Hall–Kier alpha value is -12.3. The van der Waals surface area contributed by atoms with Crippen molar-refractivity contribution in [2.75, 3.05) is 0 Å². The summed E-state index contributed by atoms with van der Waals surface area (Å²) in [6.45, 7) is 29.6. The lowest BCUT2D eigenvalue weighted by Crippen LogP contribution is -1.95. The quantitative estimate of drug-likeness (QED) is 0.147. The van der Waals surface area contributed by atoms with Crippen molar-refractivity contribution in [2.24, 2.45) is 42.3 Å². The Morgan fingerprint density at radius 3 is 1.19 bits per heavy atom. The van der Waals surface area contributed by atoms with E-state index in [0.29, 0.717) is 0 Å². The van der Waals surface area contributed by atoms with E-state index in [1.165, 1.54) is 117 Å². The maximum absolute atomic E-state index is 4.64. The molecule has 0 aliphatic heterocycles. The summed E-state index contributed by atoms with van der Waals surface area (Å²) in [4.78, 5) is 31.9. The highest BCUT2D eigenvalue weighted by atomic mass is 15.2. The van der Waals surface area contributed by atoms with Crippen LogP contribution in [0.15, 0.2) is 177 Å². The van der Waals surface area contributed by atoms with Crippen LogP contribution in [-0.2, 0) is 42.3 Å². The predicted octanol–water partition coefficient (Wildman–Crippen LogP) is 17.3. The normalized spacial score (nSPS) is 11.7. The van der Waals surface area contributed by atoms with Crippen molar-refractivity contribution < 1.29 is 0 Å². The molecule has 0 fully saturated rings. The highest BCUT2D eigenvalue weighted by Gasteiger charge is 2.19. The lowest BCUT2D eigenvalue weighted by Gasteiger charge is -2.00. The lowest BCUT2D eigenvalue weighted by molar-refractivity contribution is 0.886. The molecule has 0 atom stereocenters. The largest absolute Gasteiger partial charge is 0.438 e. The first kappa shape index (κ1) is 67.5. The molecule has 104 heavy (non-hydrogen) atoms. The molecule has 0 unspecified atom stereocenters. The van der Waals surface area contributed by atoms with Crippen LogP contribution in [0.2, 0.25) is 0 Å². The molecule has 0 aliphatic carbocycles. The zero-order valence-electron chi connectivity index (χ0n) is 63.2. The van der Waals surface area contributed by atoms with Crippen LogP contribution in [0.1, 0.15) is 79.1 Å². The topological polar surface area (TPSA) is 152 Å². The van der Waals surface area contributed by atoms with E-state index in [1.807, 2.05) is 85.9 Å². The van der Waals surface area contributed by atoms with E-state index in [9.17, 15) is 0 Å². The highest BCUT2D eigenvalue weighted by Crippen LogP contribution is 2.32. The Balaban J connectivity index is 0.0000000976. The van der Waals surface area contributed by atoms with Crippen molar-refractivity contribution in [3.63, 3.8) is 0 Å². The van der Waals surface area contributed by atoms with E-state index in [1.54, 1.807) is 0 Å². The summed E-state index contributed by atoms with van der Waals surface area (Å²) >= 11 is 0. The molecular formula is C84H89N20-. The molecule has 19 heterocycles. The molecule has 0 radical (unpaired) electrons. The van der Waals surface area contributed by atoms with Crippen molar-refractivity contribution in [1.82, 2.24) is 93.1 Å². The van der Waals surface area contributed by atoms with Gasteiger partial charge in [-0.3, -0.25) is 22.0 Å². The zero-order valence-corrected chi connectivity index (χ0v) is 63.2. The van der Waals surface area contributed by atoms with Gasteiger partial charge < -0.3 is 46.2 Å². The Morgan fingerprint density at radius 2 is 0.692 bits per heavy atom. The standard InChI is InChI=1S/C13H14N2.5C12H13N3.C11H10N3/c1-9-10(2)14(3)13-11(9)8-15-7-5-4-6-12(13)15;1-8-9(2)14(3)12-11(8)15-7-5-4-6-10(15)13-12;2*1-8-9(2)14(3)12-11(8)13-10-6-4-5-7-15(10)12;2*1-8-9(2)15-11-7-5-4-6-10(11)14(3)12(15)13-8;1-7-8(2)12-11-10(7)14-6-4-3-5-9(14)13-11/h4-8H,1-3H3;5*4-7H,1-3H3;3-6H,1-2H3/q;;;;;;-1. The van der Waals surface area contributed by atoms with Crippen LogP contribution in [0.25, 0.3) is 117 Å².